The second-order valence-electron chi connectivity index (χ2n) is 5.76. The molecule has 0 bridgehead atoms. The van der Waals surface area contributed by atoms with Crippen molar-refractivity contribution in [1.82, 2.24) is 0 Å². The van der Waals surface area contributed by atoms with E-state index < -0.39 is 7.60 Å². The Balaban J connectivity index is 0. The molecule has 0 aliphatic carbocycles. The summed E-state index contributed by atoms with van der Waals surface area (Å²) in [5.74, 6) is -0.146. The Morgan fingerprint density at radius 3 is 1.88 bits per heavy atom. The van der Waals surface area contributed by atoms with Crippen LogP contribution in [0.3, 0.4) is 0 Å². The third kappa shape index (κ3) is 24.0. The SMILES string of the molecule is COOCC=C(C)CCC=C(C)CCC=C(C)C.O=P(O)(O)CP. The molecule has 0 spiro atoms. The number of allylic oxidation sites excluding steroid dienone is 5. The first-order chi connectivity index (χ1) is 11.1. The Kier molecular flexibility index (Phi) is 17.5. The minimum Gasteiger partial charge on any atom is -0.324 e. The fraction of sp³-hybridized carbons (Fsp3) is 0.647. The molecule has 0 aliphatic heterocycles. The van der Waals surface area contributed by atoms with Crippen LogP contribution in [0.1, 0.15) is 53.4 Å². The van der Waals surface area contributed by atoms with E-state index in [1.54, 1.807) is 0 Å². The van der Waals surface area contributed by atoms with E-state index in [1.165, 1.54) is 30.2 Å². The molecule has 0 aromatic heterocycles. The Morgan fingerprint density at radius 1 is 1.00 bits per heavy atom. The van der Waals surface area contributed by atoms with Crippen LogP contribution in [-0.4, -0.2) is 29.4 Å². The predicted molar refractivity (Wildman–Crippen MR) is 105 cm³/mol. The molecule has 0 fully saturated rings. The Bertz CT molecular complexity index is 446. The van der Waals surface area contributed by atoms with Gasteiger partial charge in [0.25, 0.3) is 0 Å². The molecular weight excluding hydrogens is 346 g/mol. The standard InChI is InChI=1S/C16H28O2.CH6O3P2/c1-14(2)8-6-9-15(3)10-7-11-16(4)12-13-18-17-5;2-6(3,4)1-5/h8,10,12H,6-7,9,11,13H2,1-5H3;1,5H2,(H2,2,3,4). The summed E-state index contributed by atoms with van der Waals surface area (Å²) in [7, 11) is -0.193. The van der Waals surface area contributed by atoms with Gasteiger partial charge in [0.1, 0.15) is 6.61 Å². The lowest BCUT2D eigenvalue weighted by atomic mass is 10.1. The Morgan fingerprint density at radius 2 is 1.46 bits per heavy atom. The zero-order chi connectivity index (χ0) is 19.0. The molecule has 0 saturated carbocycles. The predicted octanol–water partition coefficient (Wildman–Crippen LogP) is 4.98. The van der Waals surface area contributed by atoms with Gasteiger partial charge in [0.2, 0.25) is 0 Å². The van der Waals surface area contributed by atoms with Gasteiger partial charge in [-0.3, -0.25) is 4.57 Å². The van der Waals surface area contributed by atoms with E-state index >= 15 is 0 Å². The minimum absolute atomic E-state index is 0.146. The highest BCUT2D eigenvalue weighted by Gasteiger charge is 2.05. The van der Waals surface area contributed by atoms with Crippen LogP contribution in [0.25, 0.3) is 0 Å². The van der Waals surface area contributed by atoms with Gasteiger partial charge >= 0.3 is 7.60 Å². The lowest BCUT2D eigenvalue weighted by Crippen LogP contribution is -1.89. The maximum Gasteiger partial charge on any atom is 0.329 e. The summed E-state index contributed by atoms with van der Waals surface area (Å²) < 4.78 is 9.67. The molecule has 0 rings (SSSR count). The van der Waals surface area contributed by atoms with Gasteiger partial charge in [0.15, 0.2) is 0 Å². The van der Waals surface area contributed by atoms with Crippen molar-refractivity contribution in [3.8, 4) is 0 Å². The summed E-state index contributed by atoms with van der Waals surface area (Å²) >= 11 is 0. The normalized spacial score (nSPS) is 12.5. The van der Waals surface area contributed by atoms with E-state index in [0.29, 0.717) is 6.61 Å². The van der Waals surface area contributed by atoms with Gasteiger partial charge in [-0.2, -0.15) is 0 Å². The lowest BCUT2D eigenvalue weighted by molar-refractivity contribution is -0.263. The average Bonchev–Trinajstić information content (AvgIpc) is 2.47. The highest BCUT2D eigenvalue weighted by atomic mass is 31.2. The molecule has 5 nitrogen and oxygen atoms in total. The van der Waals surface area contributed by atoms with E-state index in [9.17, 15) is 4.57 Å². The van der Waals surface area contributed by atoms with Crippen molar-refractivity contribution in [3.63, 3.8) is 0 Å². The topological polar surface area (TPSA) is 76.0 Å². The van der Waals surface area contributed by atoms with Crippen LogP contribution in [0, 0.1) is 0 Å². The van der Waals surface area contributed by atoms with Crippen molar-refractivity contribution in [2.45, 2.75) is 53.4 Å². The van der Waals surface area contributed by atoms with Crippen molar-refractivity contribution >= 4 is 16.8 Å². The molecule has 0 heterocycles. The summed E-state index contributed by atoms with van der Waals surface area (Å²) in [5.41, 5.74) is 4.23. The van der Waals surface area contributed by atoms with Crippen molar-refractivity contribution in [3.05, 3.63) is 34.9 Å². The molecule has 0 saturated heterocycles. The highest BCUT2D eigenvalue weighted by molar-refractivity contribution is 7.59. The second kappa shape index (κ2) is 16.2. The molecule has 0 aromatic rings. The van der Waals surface area contributed by atoms with Gasteiger partial charge in [-0.25, -0.2) is 9.78 Å². The first-order valence-electron chi connectivity index (χ1n) is 7.97. The van der Waals surface area contributed by atoms with Crippen LogP contribution in [0.5, 0.6) is 0 Å². The summed E-state index contributed by atoms with van der Waals surface area (Å²) in [6.45, 7) is 9.17. The van der Waals surface area contributed by atoms with Crippen LogP contribution in [0.15, 0.2) is 34.9 Å². The molecule has 7 heteroatoms. The van der Waals surface area contributed by atoms with Gasteiger partial charge in [0, 0.05) is 0 Å². The third-order valence-corrected chi connectivity index (χ3v) is 4.88. The van der Waals surface area contributed by atoms with Crippen LogP contribution in [0.4, 0.5) is 0 Å². The minimum atomic E-state index is -3.68. The number of rotatable bonds is 10. The smallest absolute Gasteiger partial charge is 0.324 e. The fourth-order valence-electron chi connectivity index (χ4n) is 1.58. The van der Waals surface area contributed by atoms with Crippen molar-refractivity contribution in [2.75, 3.05) is 19.6 Å². The molecular formula is C17H34O5P2. The summed E-state index contributed by atoms with van der Waals surface area (Å²) in [6, 6.07) is 0. The maximum atomic E-state index is 9.67. The first kappa shape index (κ1) is 26.0. The van der Waals surface area contributed by atoms with Crippen molar-refractivity contribution in [2.24, 2.45) is 0 Å². The molecule has 24 heavy (non-hydrogen) atoms. The largest absolute Gasteiger partial charge is 0.329 e. The molecule has 0 aromatic carbocycles. The maximum absolute atomic E-state index is 9.67. The van der Waals surface area contributed by atoms with E-state index in [2.05, 4.69) is 50.8 Å². The zero-order valence-corrected chi connectivity index (χ0v) is 17.7. The van der Waals surface area contributed by atoms with E-state index in [0.717, 1.165) is 19.3 Å². The Labute approximate surface area is 149 Å². The average molecular weight is 380 g/mol. The lowest BCUT2D eigenvalue weighted by Gasteiger charge is -2.01. The highest BCUT2D eigenvalue weighted by Crippen LogP contribution is 2.35. The van der Waals surface area contributed by atoms with E-state index in [1.807, 2.05) is 9.24 Å². The van der Waals surface area contributed by atoms with Crippen LogP contribution >= 0.6 is 16.8 Å². The van der Waals surface area contributed by atoms with Gasteiger partial charge in [-0.15, -0.1) is 9.24 Å². The van der Waals surface area contributed by atoms with Crippen molar-refractivity contribution in [1.29, 1.82) is 0 Å². The first-order valence-corrected chi connectivity index (χ1v) is 10.6. The molecule has 1 unspecified atom stereocenters. The molecule has 0 radical (unpaired) electrons. The summed E-state index contributed by atoms with van der Waals surface area (Å²) in [6.07, 6.45) is 11.2. The third-order valence-electron chi connectivity index (χ3n) is 2.98. The van der Waals surface area contributed by atoms with Crippen LogP contribution in [-0.2, 0) is 14.3 Å². The molecule has 1 atom stereocenters. The molecule has 142 valence electrons. The van der Waals surface area contributed by atoms with Gasteiger partial charge < -0.3 is 9.79 Å². The fourth-order valence-corrected chi connectivity index (χ4v) is 1.58. The molecule has 0 amide bonds. The number of hydrogen-bond donors (Lipinski definition) is 2. The van der Waals surface area contributed by atoms with Crippen molar-refractivity contribution < 1.29 is 24.1 Å². The van der Waals surface area contributed by atoms with E-state index in [4.69, 9.17) is 14.7 Å². The quantitative estimate of drug-likeness (QED) is 0.184. The number of hydrogen-bond acceptors (Lipinski definition) is 3. The van der Waals surface area contributed by atoms with E-state index in [-0.39, 0.29) is 5.90 Å². The second-order valence-corrected chi connectivity index (χ2v) is 8.55. The zero-order valence-electron chi connectivity index (χ0n) is 15.6. The monoisotopic (exact) mass is 380 g/mol. The van der Waals surface area contributed by atoms with Crippen LogP contribution in [0.2, 0.25) is 0 Å². The van der Waals surface area contributed by atoms with Gasteiger partial charge in [-0.1, -0.05) is 34.9 Å². The summed E-state index contributed by atoms with van der Waals surface area (Å²) in [4.78, 5) is 25.2. The van der Waals surface area contributed by atoms with Gasteiger partial charge in [-0.05, 0) is 53.4 Å². The Hall–Kier alpha value is -0.280. The summed E-state index contributed by atoms with van der Waals surface area (Å²) in [5, 5.41) is 0. The van der Waals surface area contributed by atoms with Crippen LogP contribution < -0.4 is 0 Å². The molecule has 0 aliphatic rings. The molecule has 2 N–H and O–H groups in total. The van der Waals surface area contributed by atoms with Gasteiger partial charge in [0.05, 0.1) is 13.0 Å².